The Kier molecular flexibility index (Phi) is 5.96. The van der Waals surface area contributed by atoms with Gasteiger partial charge in [-0.2, -0.15) is 0 Å². The number of carbonyl (C=O) groups excluding carboxylic acids is 1. The predicted molar refractivity (Wildman–Crippen MR) is 98.6 cm³/mol. The van der Waals surface area contributed by atoms with Crippen LogP contribution < -0.4 is 4.72 Å². The summed E-state index contributed by atoms with van der Waals surface area (Å²) < 4.78 is 33.0. The van der Waals surface area contributed by atoms with Crippen LogP contribution in [0.1, 0.15) is 29.6 Å². The van der Waals surface area contributed by atoms with Crippen molar-refractivity contribution in [1.29, 1.82) is 0 Å². The fourth-order valence-corrected chi connectivity index (χ4v) is 4.76. The number of ether oxygens (including phenoxy) is 1. The van der Waals surface area contributed by atoms with Crippen molar-refractivity contribution in [2.24, 2.45) is 0 Å². The van der Waals surface area contributed by atoms with Crippen molar-refractivity contribution in [1.82, 2.24) is 14.5 Å². The largest absolute Gasteiger partial charge is 0.380 e. The van der Waals surface area contributed by atoms with Crippen LogP contribution in [0.15, 0.2) is 29.2 Å². The van der Waals surface area contributed by atoms with E-state index in [-0.39, 0.29) is 22.9 Å². The molecule has 0 aromatic heterocycles. The van der Waals surface area contributed by atoms with Gasteiger partial charge in [-0.3, -0.25) is 4.79 Å². The second-order valence-electron chi connectivity index (χ2n) is 7.16. The Hall–Kier alpha value is -1.48. The van der Waals surface area contributed by atoms with E-state index in [2.05, 4.69) is 16.7 Å². The SMILES string of the molecule is CN1CCC(N(C)C(=O)c2cccc(S(=O)(=O)N[C@H]3CCOC3)c2)CC1. The monoisotopic (exact) mass is 381 g/mol. The normalized spacial score (nSPS) is 22.5. The van der Waals surface area contributed by atoms with E-state index in [4.69, 9.17) is 4.74 Å². The minimum Gasteiger partial charge on any atom is -0.380 e. The van der Waals surface area contributed by atoms with Crippen molar-refractivity contribution in [3.8, 4) is 0 Å². The third-order valence-electron chi connectivity index (χ3n) is 5.20. The molecule has 26 heavy (non-hydrogen) atoms. The number of likely N-dealkylation sites (tertiary alicyclic amines) is 1. The summed E-state index contributed by atoms with van der Waals surface area (Å²) in [6, 6.07) is 6.26. The third kappa shape index (κ3) is 4.43. The van der Waals surface area contributed by atoms with E-state index < -0.39 is 10.0 Å². The van der Waals surface area contributed by atoms with Crippen LogP contribution in [0.2, 0.25) is 0 Å². The van der Waals surface area contributed by atoms with Crippen LogP contribution in [0.25, 0.3) is 0 Å². The number of hydrogen-bond donors (Lipinski definition) is 1. The van der Waals surface area contributed by atoms with Gasteiger partial charge in [-0.05, 0) is 57.6 Å². The van der Waals surface area contributed by atoms with E-state index in [0.29, 0.717) is 25.2 Å². The van der Waals surface area contributed by atoms with Gasteiger partial charge in [0.2, 0.25) is 10.0 Å². The van der Waals surface area contributed by atoms with Crippen LogP contribution in [-0.4, -0.2) is 76.6 Å². The third-order valence-corrected chi connectivity index (χ3v) is 6.72. The van der Waals surface area contributed by atoms with Gasteiger partial charge in [0.1, 0.15) is 0 Å². The lowest BCUT2D eigenvalue weighted by atomic mass is 10.0. The molecule has 0 unspecified atom stereocenters. The van der Waals surface area contributed by atoms with Crippen molar-refractivity contribution >= 4 is 15.9 Å². The topological polar surface area (TPSA) is 79.0 Å². The molecule has 0 bridgehead atoms. The smallest absolute Gasteiger partial charge is 0.253 e. The summed E-state index contributed by atoms with van der Waals surface area (Å²) >= 11 is 0. The molecule has 8 heteroatoms. The van der Waals surface area contributed by atoms with Gasteiger partial charge in [-0.1, -0.05) is 6.07 Å². The number of nitrogens with zero attached hydrogens (tertiary/aromatic N) is 2. The number of hydrogen-bond acceptors (Lipinski definition) is 5. The zero-order chi connectivity index (χ0) is 18.7. The zero-order valence-electron chi connectivity index (χ0n) is 15.3. The van der Waals surface area contributed by atoms with Crippen molar-refractivity contribution in [3.05, 3.63) is 29.8 Å². The number of nitrogens with one attached hydrogen (secondary N) is 1. The first-order valence-corrected chi connectivity index (χ1v) is 10.5. The summed E-state index contributed by atoms with van der Waals surface area (Å²) in [4.78, 5) is 16.9. The molecule has 1 N–H and O–H groups in total. The Morgan fingerprint density at radius 1 is 1.27 bits per heavy atom. The molecule has 0 saturated carbocycles. The summed E-state index contributed by atoms with van der Waals surface area (Å²) in [5, 5.41) is 0. The first-order valence-electron chi connectivity index (χ1n) is 9.02. The van der Waals surface area contributed by atoms with Gasteiger partial charge in [0, 0.05) is 31.3 Å². The van der Waals surface area contributed by atoms with E-state index >= 15 is 0 Å². The van der Waals surface area contributed by atoms with E-state index in [1.165, 1.54) is 12.1 Å². The average Bonchev–Trinajstić information content (AvgIpc) is 3.13. The highest BCUT2D eigenvalue weighted by molar-refractivity contribution is 7.89. The molecule has 3 rings (SSSR count). The predicted octanol–water partition coefficient (Wildman–Crippen LogP) is 0.920. The Morgan fingerprint density at radius 3 is 2.65 bits per heavy atom. The lowest BCUT2D eigenvalue weighted by Gasteiger charge is -2.35. The molecule has 0 aliphatic carbocycles. The Balaban J connectivity index is 1.72. The molecule has 2 aliphatic rings. The van der Waals surface area contributed by atoms with E-state index in [1.807, 2.05) is 0 Å². The number of piperidine rings is 1. The summed E-state index contributed by atoms with van der Waals surface area (Å²) in [5.41, 5.74) is 0.400. The van der Waals surface area contributed by atoms with Gasteiger partial charge in [-0.15, -0.1) is 0 Å². The summed E-state index contributed by atoms with van der Waals surface area (Å²) in [5.74, 6) is -0.138. The summed E-state index contributed by atoms with van der Waals surface area (Å²) in [7, 11) is 0.212. The molecule has 2 fully saturated rings. The van der Waals surface area contributed by atoms with Gasteiger partial charge < -0.3 is 14.5 Å². The van der Waals surface area contributed by atoms with Crippen LogP contribution in [-0.2, 0) is 14.8 Å². The summed E-state index contributed by atoms with van der Waals surface area (Å²) in [6.07, 6.45) is 2.52. The highest BCUT2D eigenvalue weighted by atomic mass is 32.2. The molecule has 1 aromatic carbocycles. The second kappa shape index (κ2) is 8.04. The zero-order valence-corrected chi connectivity index (χ0v) is 16.2. The molecule has 2 heterocycles. The van der Waals surface area contributed by atoms with E-state index in [1.54, 1.807) is 24.1 Å². The molecule has 144 valence electrons. The van der Waals surface area contributed by atoms with Crippen LogP contribution in [0.4, 0.5) is 0 Å². The fraction of sp³-hybridized carbons (Fsp3) is 0.611. The molecular weight excluding hydrogens is 354 g/mol. The molecule has 2 saturated heterocycles. The van der Waals surface area contributed by atoms with E-state index in [0.717, 1.165) is 25.9 Å². The van der Waals surface area contributed by atoms with E-state index in [9.17, 15) is 13.2 Å². The van der Waals surface area contributed by atoms with Crippen molar-refractivity contribution in [2.75, 3.05) is 40.4 Å². The maximum atomic E-state index is 12.8. The highest BCUT2D eigenvalue weighted by Gasteiger charge is 2.27. The van der Waals surface area contributed by atoms with Crippen molar-refractivity contribution < 1.29 is 17.9 Å². The fourth-order valence-electron chi connectivity index (χ4n) is 3.46. The molecule has 2 aliphatic heterocycles. The average molecular weight is 381 g/mol. The quantitative estimate of drug-likeness (QED) is 0.821. The lowest BCUT2D eigenvalue weighted by Crippen LogP contribution is -2.44. The summed E-state index contributed by atoms with van der Waals surface area (Å²) in [6.45, 7) is 2.87. The van der Waals surface area contributed by atoms with Crippen LogP contribution in [0.5, 0.6) is 0 Å². The molecular formula is C18H27N3O4S. The standard InChI is InChI=1S/C18H27N3O4S/c1-20-9-6-16(7-10-20)21(2)18(22)14-4-3-5-17(12-14)26(23,24)19-15-8-11-25-13-15/h3-5,12,15-16,19H,6-11,13H2,1-2H3/t15-/m0/s1. The van der Waals surface area contributed by atoms with Gasteiger partial charge in [0.15, 0.2) is 0 Å². The van der Waals surface area contributed by atoms with Gasteiger partial charge in [-0.25, -0.2) is 13.1 Å². The van der Waals surface area contributed by atoms with Crippen LogP contribution >= 0.6 is 0 Å². The molecule has 7 nitrogen and oxygen atoms in total. The maximum Gasteiger partial charge on any atom is 0.253 e. The van der Waals surface area contributed by atoms with Crippen LogP contribution in [0.3, 0.4) is 0 Å². The second-order valence-corrected chi connectivity index (χ2v) is 8.87. The van der Waals surface area contributed by atoms with Crippen molar-refractivity contribution in [3.63, 3.8) is 0 Å². The minimum atomic E-state index is -3.66. The first kappa shape index (κ1) is 19.3. The molecule has 1 aromatic rings. The Bertz CT molecular complexity index is 739. The maximum absolute atomic E-state index is 12.8. The van der Waals surface area contributed by atoms with Crippen molar-refractivity contribution in [2.45, 2.75) is 36.2 Å². The molecule has 1 atom stereocenters. The highest BCUT2D eigenvalue weighted by Crippen LogP contribution is 2.19. The Morgan fingerprint density at radius 2 is 2.00 bits per heavy atom. The number of amides is 1. The van der Waals surface area contributed by atoms with Crippen LogP contribution in [0, 0.1) is 0 Å². The molecule has 1 amide bonds. The first-order chi connectivity index (χ1) is 12.4. The number of carbonyl (C=O) groups is 1. The lowest BCUT2D eigenvalue weighted by molar-refractivity contribution is 0.0659. The minimum absolute atomic E-state index is 0.118. The van der Waals surface area contributed by atoms with Gasteiger partial charge in [0.25, 0.3) is 5.91 Å². The van der Waals surface area contributed by atoms with Gasteiger partial charge >= 0.3 is 0 Å². The number of rotatable bonds is 5. The Labute approximate surface area is 155 Å². The molecule has 0 radical (unpaired) electrons. The molecule has 0 spiro atoms. The number of benzene rings is 1. The van der Waals surface area contributed by atoms with Gasteiger partial charge in [0.05, 0.1) is 11.5 Å². The number of sulfonamides is 1.